The highest BCUT2D eigenvalue weighted by molar-refractivity contribution is 7.17. The Hall–Kier alpha value is -3.53. The first kappa shape index (κ1) is 28.0. The van der Waals surface area contributed by atoms with E-state index in [1.165, 1.54) is 11.3 Å². The fraction of sp³-hybridized carbons (Fsp3) is 0.387. The van der Waals surface area contributed by atoms with Gasteiger partial charge in [0.05, 0.1) is 42.0 Å². The Bertz CT molecular complexity index is 1380. The molecule has 1 aromatic heterocycles. The number of thiazole rings is 1. The Balaban J connectivity index is 1.47. The quantitative estimate of drug-likeness (QED) is 0.322. The molecule has 210 valence electrons. The van der Waals surface area contributed by atoms with E-state index in [9.17, 15) is 14.7 Å². The zero-order chi connectivity index (χ0) is 28.1. The van der Waals surface area contributed by atoms with Crippen LogP contribution >= 0.6 is 11.3 Å². The van der Waals surface area contributed by atoms with Gasteiger partial charge in [0.1, 0.15) is 10.8 Å². The third kappa shape index (κ3) is 5.96. The molecule has 1 fully saturated rings. The van der Waals surface area contributed by atoms with Crippen LogP contribution in [0.1, 0.15) is 46.7 Å². The average molecular weight is 562 g/mol. The lowest BCUT2D eigenvalue weighted by Crippen LogP contribution is -2.39. The highest BCUT2D eigenvalue weighted by atomic mass is 32.1. The van der Waals surface area contributed by atoms with E-state index in [1.54, 1.807) is 11.8 Å². The molecule has 0 bridgehead atoms. The van der Waals surface area contributed by atoms with E-state index in [0.29, 0.717) is 49.1 Å². The van der Waals surface area contributed by atoms with Crippen molar-refractivity contribution in [2.24, 2.45) is 0 Å². The highest BCUT2D eigenvalue weighted by Crippen LogP contribution is 2.41. The van der Waals surface area contributed by atoms with Crippen molar-refractivity contribution in [3.05, 3.63) is 82.1 Å². The summed E-state index contributed by atoms with van der Waals surface area (Å²) >= 11 is 1.28. The molecule has 2 aromatic carbocycles. The Morgan fingerprint density at radius 1 is 1.12 bits per heavy atom. The van der Waals surface area contributed by atoms with Crippen molar-refractivity contribution >= 4 is 23.0 Å². The van der Waals surface area contributed by atoms with E-state index < -0.39 is 17.7 Å². The first-order chi connectivity index (χ1) is 19.5. The molecule has 1 unspecified atom stereocenters. The van der Waals surface area contributed by atoms with Gasteiger partial charge in [-0.2, -0.15) is 0 Å². The third-order valence-electron chi connectivity index (χ3n) is 7.20. The summed E-state index contributed by atoms with van der Waals surface area (Å²) < 4.78 is 11.3. The lowest BCUT2D eigenvalue weighted by Gasteiger charge is -2.30. The van der Waals surface area contributed by atoms with Crippen LogP contribution in [0, 0.1) is 6.92 Å². The number of amides is 1. The van der Waals surface area contributed by atoms with Gasteiger partial charge in [-0.1, -0.05) is 49.4 Å². The van der Waals surface area contributed by atoms with Gasteiger partial charge in [-0.05, 0) is 37.5 Å². The molecule has 2 aliphatic heterocycles. The van der Waals surface area contributed by atoms with Crippen molar-refractivity contribution in [2.45, 2.75) is 32.7 Å². The summed E-state index contributed by atoms with van der Waals surface area (Å²) in [4.78, 5) is 36.6. The van der Waals surface area contributed by atoms with E-state index in [2.05, 4.69) is 9.88 Å². The van der Waals surface area contributed by atoms with Crippen LogP contribution in [0.4, 0.5) is 0 Å². The van der Waals surface area contributed by atoms with Crippen LogP contribution in [0.3, 0.4) is 0 Å². The molecule has 0 radical (unpaired) electrons. The number of aliphatic hydroxyl groups excluding tert-OH is 1. The Morgan fingerprint density at radius 3 is 2.65 bits per heavy atom. The molecule has 8 nitrogen and oxygen atoms in total. The molecule has 1 amide bonds. The number of morpholine rings is 1. The molecular weight excluding hydrogens is 526 g/mol. The zero-order valence-electron chi connectivity index (χ0n) is 23.0. The molecule has 1 atom stereocenters. The fourth-order valence-corrected chi connectivity index (χ4v) is 6.21. The second-order valence-electron chi connectivity index (χ2n) is 10.0. The number of ketones is 1. The van der Waals surface area contributed by atoms with Gasteiger partial charge in [-0.25, -0.2) is 4.98 Å². The second-order valence-corrected chi connectivity index (χ2v) is 11.0. The van der Waals surface area contributed by atoms with Gasteiger partial charge in [-0.15, -0.1) is 11.3 Å². The van der Waals surface area contributed by atoms with Gasteiger partial charge in [0.15, 0.2) is 5.76 Å². The van der Waals surface area contributed by atoms with E-state index in [-0.39, 0.29) is 11.4 Å². The molecule has 0 saturated carbocycles. The molecule has 2 aliphatic rings. The van der Waals surface area contributed by atoms with Gasteiger partial charge in [0.25, 0.3) is 5.91 Å². The van der Waals surface area contributed by atoms with Gasteiger partial charge < -0.3 is 19.5 Å². The van der Waals surface area contributed by atoms with Crippen molar-refractivity contribution in [3.63, 3.8) is 0 Å². The predicted molar refractivity (Wildman–Crippen MR) is 155 cm³/mol. The molecule has 3 heterocycles. The first-order valence-corrected chi connectivity index (χ1v) is 14.6. The predicted octanol–water partition coefficient (Wildman–Crippen LogP) is 5.21. The molecule has 0 aliphatic carbocycles. The summed E-state index contributed by atoms with van der Waals surface area (Å²) in [6.07, 6.45) is 1.57. The van der Waals surface area contributed by atoms with Crippen LogP contribution < -0.4 is 4.74 Å². The largest absolute Gasteiger partial charge is 0.503 e. The number of aromatic nitrogens is 1. The number of rotatable bonds is 11. The summed E-state index contributed by atoms with van der Waals surface area (Å²) in [6.45, 7) is 8.72. The van der Waals surface area contributed by atoms with Crippen LogP contribution in [0.25, 0.3) is 10.6 Å². The standard InChI is InChI=1S/C31H35N3O5S/c1-3-17-39-24-12-7-11-23(20-24)26-25(27(35)29-21(2)32-30(40-29)22-9-5-4-6-10-22)28(36)31(37)34(26)14-8-13-33-15-18-38-19-16-33/h4-7,9-12,20,26,36H,3,8,13-19H2,1-2H3. The van der Waals surface area contributed by atoms with Gasteiger partial charge >= 0.3 is 0 Å². The number of hydrogen-bond donors (Lipinski definition) is 1. The van der Waals surface area contributed by atoms with Crippen molar-refractivity contribution in [2.75, 3.05) is 46.0 Å². The SMILES string of the molecule is CCCOc1cccc(C2C(C(=O)c3sc(-c4ccccc4)nc3C)=C(O)C(=O)N2CCCN2CCOCC2)c1. The van der Waals surface area contributed by atoms with Crippen LogP contribution in [-0.2, 0) is 9.53 Å². The summed E-state index contributed by atoms with van der Waals surface area (Å²) in [5, 5.41) is 11.9. The number of benzene rings is 2. The number of aryl methyl sites for hydroxylation is 1. The number of Topliss-reactive ketones (excluding diaryl/α,β-unsaturated/α-hetero) is 1. The number of ether oxygens (including phenoxy) is 2. The van der Waals surface area contributed by atoms with E-state index in [0.717, 1.165) is 42.2 Å². The van der Waals surface area contributed by atoms with E-state index in [4.69, 9.17) is 9.47 Å². The van der Waals surface area contributed by atoms with Crippen molar-refractivity contribution in [3.8, 4) is 16.3 Å². The van der Waals surface area contributed by atoms with Crippen LogP contribution in [0.2, 0.25) is 0 Å². The minimum atomic E-state index is -0.725. The fourth-order valence-electron chi connectivity index (χ4n) is 5.18. The Morgan fingerprint density at radius 2 is 1.90 bits per heavy atom. The summed E-state index contributed by atoms with van der Waals surface area (Å²) in [7, 11) is 0. The second kappa shape index (κ2) is 12.8. The zero-order valence-corrected chi connectivity index (χ0v) is 23.8. The topological polar surface area (TPSA) is 92.2 Å². The van der Waals surface area contributed by atoms with Gasteiger partial charge in [0.2, 0.25) is 5.78 Å². The van der Waals surface area contributed by atoms with E-state index >= 15 is 0 Å². The minimum absolute atomic E-state index is 0.0929. The smallest absolute Gasteiger partial charge is 0.290 e. The number of hydrogen-bond acceptors (Lipinski definition) is 8. The maximum absolute atomic E-state index is 14.1. The molecule has 1 N–H and O–H groups in total. The molecule has 1 saturated heterocycles. The summed E-state index contributed by atoms with van der Waals surface area (Å²) in [6, 6.07) is 16.4. The average Bonchev–Trinajstić information content (AvgIpc) is 3.50. The van der Waals surface area contributed by atoms with Crippen molar-refractivity contribution in [1.82, 2.24) is 14.8 Å². The van der Waals surface area contributed by atoms with Crippen LogP contribution in [-0.4, -0.2) is 77.6 Å². The summed E-state index contributed by atoms with van der Waals surface area (Å²) in [5.41, 5.74) is 2.31. The number of nitrogens with zero attached hydrogens (tertiary/aromatic N) is 3. The van der Waals surface area contributed by atoms with Gasteiger partial charge in [0, 0.05) is 31.7 Å². The monoisotopic (exact) mass is 561 g/mol. The molecular formula is C31H35N3O5S. The van der Waals surface area contributed by atoms with Crippen molar-refractivity contribution < 1.29 is 24.2 Å². The lowest BCUT2D eigenvalue weighted by atomic mass is 9.94. The third-order valence-corrected chi connectivity index (χ3v) is 8.40. The van der Waals surface area contributed by atoms with Crippen LogP contribution in [0.15, 0.2) is 65.9 Å². The molecule has 40 heavy (non-hydrogen) atoms. The number of carbonyl (C=O) groups excluding carboxylic acids is 2. The van der Waals surface area contributed by atoms with Crippen molar-refractivity contribution in [1.29, 1.82) is 0 Å². The van der Waals surface area contributed by atoms with E-state index in [1.807, 2.05) is 61.5 Å². The lowest BCUT2D eigenvalue weighted by molar-refractivity contribution is -0.129. The maximum Gasteiger partial charge on any atom is 0.290 e. The first-order valence-electron chi connectivity index (χ1n) is 13.8. The van der Waals surface area contributed by atoms with Gasteiger partial charge in [-0.3, -0.25) is 14.5 Å². The minimum Gasteiger partial charge on any atom is -0.503 e. The van der Waals surface area contributed by atoms with Crippen LogP contribution in [0.5, 0.6) is 5.75 Å². The number of carbonyl (C=O) groups is 2. The Labute approximate surface area is 238 Å². The summed E-state index contributed by atoms with van der Waals surface area (Å²) in [5.74, 6) is -0.724. The molecule has 3 aromatic rings. The molecule has 0 spiro atoms. The Kier molecular flexibility index (Phi) is 8.94. The normalized spacial score (nSPS) is 18.0. The molecule has 9 heteroatoms. The number of aliphatic hydroxyl groups is 1. The molecule has 5 rings (SSSR count). The maximum atomic E-state index is 14.1. The highest BCUT2D eigenvalue weighted by Gasteiger charge is 2.44.